The maximum atomic E-state index is 10.9. The Morgan fingerprint density at radius 2 is 1.93 bits per heavy atom. The van der Waals surface area contributed by atoms with E-state index in [1.807, 2.05) is 30.3 Å². The van der Waals surface area contributed by atoms with E-state index in [-0.39, 0.29) is 5.96 Å². The fourth-order valence-electron chi connectivity index (χ4n) is 2.98. The van der Waals surface area contributed by atoms with Gasteiger partial charge in [-0.3, -0.25) is 0 Å². The molecule has 3 rings (SSSR count). The lowest BCUT2D eigenvalue weighted by Crippen LogP contribution is -2.54. The highest BCUT2D eigenvalue weighted by Gasteiger charge is 2.43. The second-order valence-electron chi connectivity index (χ2n) is 6.69. The molecule has 7 nitrogen and oxygen atoms in total. The number of aliphatic hydroxyl groups excluding tert-OH is 1. The molecule has 2 aromatic carbocycles. The minimum atomic E-state index is -0.944. The van der Waals surface area contributed by atoms with Crippen LogP contribution in [0.15, 0.2) is 53.5 Å². The first-order chi connectivity index (χ1) is 12.9. The van der Waals surface area contributed by atoms with Crippen molar-refractivity contribution in [2.45, 2.75) is 31.6 Å². The number of anilines is 1. The number of aliphatic hydroxyl groups is 1. The summed E-state index contributed by atoms with van der Waals surface area (Å²) in [5, 5.41) is 35.2. The van der Waals surface area contributed by atoms with Crippen molar-refractivity contribution in [3.63, 3.8) is 0 Å². The van der Waals surface area contributed by atoms with Crippen LogP contribution in [0.25, 0.3) is 0 Å². The standard InChI is InChI=1S/C20H19N5O2/c1-20(2)18(26)17(15-10-13(11-21)8-9-16(15)27-20)25-19(23-12-22)24-14-6-4-3-5-7-14/h3-10,17-18,26H,1-2H3,(H2,23,24,25). The molecule has 7 heteroatoms. The molecule has 136 valence electrons. The number of para-hydroxylation sites is 1. The summed E-state index contributed by atoms with van der Waals surface area (Å²) in [6.07, 6.45) is 0.813. The average Bonchev–Trinajstić information content (AvgIpc) is 2.66. The molecule has 1 aliphatic heterocycles. The van der Waals surface area contributed by atoms with E-state index in [2.05, 4.69) is 21.7 Å². The molecule has 0 radical (unpaired) electrons. The summed E-state index contributed by atoms with van der Waals surface area (Å²) in [6.45, 7) is 3.55. The molecule has 1 heterocycles. The Morgan fingerprint density at radius 1 is 1.19 bits per heavy atom. The summed E-state index contributed by atoms with van der Waals surface area (Å²) in [6, 6.07) is 15.8. The van der Waals surface area contributed by atoms with Gasteiger partial charge in [-0.05, 0) is 44.2 Å². The van der Waals surface area contributed by atoms with Gasteiger partial charge in [0.2, 0.25) is 12.2 Å². The van der Waals surface area contributed by atoms with E-state index in [1.165, 1.54) is 0 Å². The largest absolute Gasteiger partial charge is 0.485 e. The Kier molecular flexibility index (Phi) is 4.98. The SMILES string of the molecule is CC1(C)Oc2ccc(C#N)cc2C(N/C(=N\C#N)Nc2ccccc2)C1O. The molecule has 2 aromatic rings. The molecule has 0 fully saturated rings. The molecular weight excluding hydrogens is 342 g/mol. The zero-order chi connectivity index (χ0) is 19.4. The molecule has 0 aliphatic carbocycles. The summed E-state index contributed by atoms with van der Waals surface area (Å²) >= 11 is 0. The topological polar surface area (TPSA) is 113 Å². The van der Waals surface area contributed by atoms with Crippen LogP contribution in [0.1, 0.15) is 31.0 Å². The Morgan fingerprint density at radius 3 is 2.59 bits per heavy atom. The summed E-state index contributed by atoms with van der Waals surface area (Å²) in [7, 11) is 0. The molecule has 0 bridgehead atoms. The van der Waals surface area contributed by atoms with Gasteiger partial charge in [0.05, 0.1) is 17.7 Å². The molecule has 2 atom stereocenters. The van der Waals surface area contributed by atoms with E-state index < -0.39 is 17.7 Å². The van der Waals surface area contributed by atoms with Gasteiger partial charge >= 0.3 is 0 Å². The molecular formula is C20H19N5O2. The predicted octanol–water partition coefficient (Wildman–Crippen LogP) is 2.67. The number of benzene rings is 2. The van der Waals surface area contributed by atoms with Gasteiger partial charge in [-0.1, -0.05) is 18.2 Å². The molecule has 27 heavy (non-hydrogen) atoms. The second kappa shape index (κ2) is 7.36. The number of hydrogen-bond donors (Lipinski definition) is 3. The van der Waals surface area contributed by atoms with Crippen molar-refractivity contribution in [2.75, 3.05) is 5.32 Å². The van der Waals surface area contributed by atoms with Crippen LogP contribution in [-0.4, -0.2) is 22.8 Å². The monoisotopic (exact) mass is 361 g/mol. The second-order valence-corrected chi connectivity index (χ2v) is 6.69. The fourth-order valence-corrected chi connectivity index (χ4v) is 2.98. The average molecular weight is 361 g/mol. The highest BCUT2D eigenvalue weighted by Crippen LogP contribution is 2.40. The van der Waals surface area contributed by atoms with Gasteiger partial charge in [0.25, 0.3) is 0 Å². The predicted molar refractivity (Wildman–Crippen MR) is 101 cm³/mol. The molecule has 1 aliphatic rings. The van der Waals surface area contributed by atoms with Crippen LogP contribution in [0.5, 0.6) is 5.75 Å². The minimum absolute atomic E-state index is 0.193. The number of rotatable bonds is 2. The van der Waals surface area contributed by atoms with E-state index in [0.29, 0.717) is 16.9 Å². The molecule has 0 saturated heterocycles. The van der Waals surface area contributed by atoms with Crippen LogP contribution >= 0.6 is 0 Å². The molecule has 2 unspecified atom stereocenters. The molecule has 0 saturated carbocycles. The number of aliphatic imine (C=N–C) groups is 1. The smallest absolute Gasteiger partial charge is 0.212 e. The lowest BCUT2D eigenvalue weighted by atomic mass is 9.86. The van der Waals surface area contributed by atoms with Gasteiger partial charge in [0.15, 0.2) is 0 Å². The maximum Gasteiger partial charge on any atom is 0.212 e. The van der Waals surface area contributed by atoms with Crippen LogP contribution in [0.3, 0.4) is 0 Å². The number of nitriles is 2. The number of nitrogens with zero attached hydrogens (tertiary/aromatic N) is 3. The van der Waals surface area contributed by atoms with Crippen LogP contribution in [-0.2, 0) is 0 Å². The maximum absolute atomic E-state index is 10.9. The van der Waals surface area contributed by atoms with Crippen molar-refractivity contribution in [1.82, 2.24) is 5.32 Å². The Labute approximate surface area is 157 Å². The Hall–Kier alpha value is -3.55. The van der Waals surface area contributed by atoms with Crippen LogP contribution < -0.4 is 15.4 Å². The fraction of sp³-hybridized carbons (Fsp3) is 0.250. The van der Waals surface area contributed by atoms with E-state index in [4.69, 9.17) is 10.00 Å². The third-order valence-electron chi connectivity index (χ3n) is 4.37. The Bertz CT molecular complexity index is 941. The number of nitrogens with one attached hydrogen (secondary N) is 2. The highest BCUT2D eigenvalue weighted by molar-refractivity contribution is 5.94. The molecule has 0 aromatic heterocycles. The summed E-state index contributed by atoms with van der Waals surface area (Å²) < 4.78 is 5.90. The lowest BCUT2D eigenvalue weighted by Gasteiger charge is -2.42. The molecule has 0 amide bonds. The first-order valence-corrected chi connectivity index (χ1v) is 8.41. The zero-order valence-corrected chi connectivity index (χ0v) is 15.0. The van der Waals surface area contributed by atoms with E-state index in [9.17, 15) is 10.4 Å². The van der Waals surface area contributed by atoms with Gasteiger partial charge < -0.3 is 20.5 Å². The van der Waals surface area contributed by atoms with Crippen molar-refractivity contribution in [3.8, 4) is 18.0 Å². The van der Waals surface area contributed by atoms with Gasteiger partial charge in [-0.25, -0.2) is 0 Å². The number of fused-ring (bicyclic) bond motifs is 1. The Balaban J connectivity index is 1.97. The van der Waals surface area contributed by atoms with Gasteiger partial charge in [-0.15, -0.1) is 4.99 Å². The van der Waals surface area contributed by atoms with Gasteiger partial charge in [-0.2, -0.15) is 10.5 Å². The van der Waals surface area contributed by atoms with Crippen molar-refractivity contribution in [2.24, 2.45) is 4.99 Å². The van der Waals surface area contributed by atoms with Crippen LogP contribution in [0.2, 0.25) is 0 Å². The van der Waals surface area contributed by atoms with Crippen LogP contribution in [0, 0.1) is 22.8 Å². The van der Waals surface area contributed by atoms with E-state index in [1.54, 1.807) is 38.2 Å². The number of hydrogen-bond acceptors (Lipinski definition) is 5. The van der Waals surface area contributed by atoms with Crippen molar-refractivity contribution < 1.29 is 9.84 Å². The third kappa shape index (κ3) is 3.84. The minimum Gasteiger partial charge on any atom is -0.485 e. The third-order valence-corrected chi connectivity index (χ3v) is 4.37. The summed E-state index contributed by atoms with van der Waals surface area (Å²) in [4.78, 5) is 3.79. The zero-order valence-electron chi connectivity index (χ0n) is 15.0. The summed E-state index contributed by atoms with van der Waals surface area (Å²) in [5.41, 5.74) is 0.946. The molecule has 0 spiro atoms. The molecule has 3 N–H and O–H groups in total. The summed E-state index contributed by atoms with van der Waals surface area (Å²) in [5.74, 6) is 0.761. The lowest BCUT2D eigenvalue weighted by molar-refractivity contribution is -0.0610. The van der Waals surface area contributed by atoms with E-state index >= 15 is 0 Å². The quantitative estimate of drug-likeness (QED) is 0.430. The number of ether oxygens (including phenoxy) is 1. The van der Waals surface area contributed by atoms with Gasteiger partial charge in [0, 0.05) is 11.3 Å². The van der Waals surface area contributed by atoms with Gasteiger partial charge in [0.1, 0.15) is 17.5 Å². The van der Waals surface area contributed by atoms with Crippen LogP contribution in [0.4, 0.5) is 5.69 Å². The van der Waals surface area contributed by atoms with Crippen molar-refractivity contribution in [3.05, 3.63) is 59.7 Å². The first-order valence-electron chi connectivity index (χ1n) is 8.41. The normalized spacial score (nSPS) is 20.4. The van der Waals surface area contributed by atoms with Crippen molar-refractivity contribution >= 4 is 11.6 Å². The van der Waals surface area contributed by atoms with E-state index in [0.717, 1.165) is 5.69 Å². The first kappa shape index (κ1) is 18.2. The van der Waals surface area contributed by atoms with Crippen molar-refractivity contribution in [1.29, 1.82) is 10.5 Å². The number of guanidine groups is 1. The highest BCUT2D eigenvalue weighted by atomic mass is 16.5.